The van der Waals surface area contributed by atoms with E-state index >= 15 is 0 Å². The SMILES string of the molecule is O=C(c1cncc(Br)c1)N(CCBr)C1CC1. The number of rotatable bonds is 4. The number of carbonyl (C=O) groups excluding carboxylic acids is 1. The third kappa shape index (κ3) is 2.83. The van der Waals surface area contributed by atoms with Gasteiger partial charge in [0.15, 0.2) is 0 Å². The number of hydrogen-bond donors (Lipinski definition) is 0. The van der Waals surface area contributed by atoms with E-state index in [2.05, 4.69) is 36.8 Å². The summed E-state index contributed by atoms with van der Waals surface area (Å²) >= 11 is 6.71. The quantitative estimate of drug-likeness (QED) is 0.784. The first kappa shape index (κ1) is 12.0. The van der Waals surface area contributed by atoms with Crippen molar-refractivity contribution in [1.29, 1.82) is 0 Å². The Labute approximate surface area is 111 Å². The number of amides is 1. The van der Waals surface area contributed by atoms with Crippen LogP contribution in [0.25, 0.3) is 0 Å². The van der Waals surface area contributed by atoms with Gasteiger partial charge in [0, 0.05) is 34.8 Å². The maximum absolute atomic E-state index is 12.2. The Morgan fingerprint density at radius 3 is 2.81 bits per heavy atom. The van der Waals surface area contributed by atoms with Crippen molar-refractivity contribution in [3.63, 3.8) is 0 Å². The van der Waals surface area contributed by atoms with Crippen LogP contribution >= 0.6 is 31.9 Å². The molecule has 0 bridgehead atoms. The lowest BCUT2D eigenvalue weighted by molar-refractivity contribution is 0.0754. The second kappa shape index (κ2) is 5.27. The van der Waals surface area contributed by atoms with Crippen LogP contribution < -0.4 is 0 Å². The monoisotopic (exact) mass is 346 g/mol. The molecule has 1 fully saturated rings. The molecule has 1 aliphatic rings. The van der Waals surface area contributed by atoms with Crippen LogP contribution in [0, 0.1) is 0 Å². The van der Waals surface area contributed by atoms with Crippen LogP contribution in [0.15, 0.2) is 22.9 Å². The summed E-state index contributed by atoms with van der Waals surface area (Å²) in [5.74, 6) is 0.0794. The van der Waals surface area contributed by atoms with E-state index in [9.17, 15) is 4.79 Å². The maximum atomic E-state index is 12.2. The van der Waals surface area contributed by atoms with Gasteiger partial charge in [-0.3, -0.25) is 9.78 Å². The Bertz CT molecular complexity index is 393. The van der Waals surface area contributed by atoms with Gasteiger partial charge in [0.25, 0.3) is 5.91 Å². The highest BCUT2D eigenvalue weighted by Crippen LogP contribution is 2.28. The molecule has 16 heavy (non-hydrogen) atoms. The lowest BCUT2D eigenvalue weighted by Crippen LogP contribution is -2.34. The second-order valence-corrected chi connectivity index (χ2v) is 5.52. The van der Waals surface area contributed by atoms with Crippen LogP contribution in [-0.2, 0) is 0 Å². The molecule has 0 atom stereocenters. The molecule has 0 radical (unpaired) electrons. The number of halogens is 2. The molecule has 0 spiro atoms. The first-order chi connectivity index (χ1) is 7.72. The minimum atomic E-state index is 0.0794. The van der Waals surface area contributed by atoms with Crippen molar-refractivity contribution in [2.75, 3.05) is 11.9 Å². The van der Waals surface area contributed by atoms with Gasteiger partial charge in [0.1, 0.15) is 0 Å². The van der Waals surface area contributed by atoms with E-state index in [0.29, 0.717) is 11.6 Å². The molecule has 0 saturated heterocycles. The standard InChI is InChI=1S/C11H12Br2N2O/c12-3-4-15(10-1-2-10)11(16)8-5-9(13)7-14-6-8/h5-7,10H,1-4H2. The van der Waals surface area contributed by atoms with Crippen molar-refractivity contribution in [3.05, 3.63) is 28.5 Å². The summed E-state index contributed by atoms with van der Waals surface area (Å²) < 4.78 is 0.841. The Kier molecular flexibility index (Phi) is 3.97. The van der Waals surface area contributed by atoms with E-state index in [1.54, 1.807) is 12.4 Å². The summed E-state index contributed by atoms with van der Waals surface area (Å²) in [5, 5.41) is 0.816. The van der Waals surface area contributed by atoms with Gasteiger partial charge in [0.2, 0.25) is 0 Å². The Hall–Kier alpha value is -0.420. The molecule has 1 aromatic heterocycles. The highest BCUT2D eigenvalue weighted by atomic mass is 79.9. The van der Waals surface area contributed by atoms with Crippen molar-refractivity contribution in [2.45, 2.75) is 18.9 Å². The van der Waals surface area contributed by atoms with Crippen molar-refractivity contribution in [2.24, 2.45) is 0 Å². The van der Waals surface area contributed by atoms with E-state index in [1.807, 2.05) is 11.0 Å². The molecule has 2 rings (SSSR count). The molecular weight excluding hydrogens is 336 g/mol. The molecule has 0 aliphatic heterocycles. The van der Waals surface area contributed by atoms with Crippen molar-refractivity contribution < 1.29 is 4.79 Å². The Balaban J connectivity index is 2.15. The van der Waals surface area contributed by atoms with E-state index in [1.165, 1.54) is 0 Å². The Morgan fingerprint density at radius 1 is 1.50 bits per heavy atom. The van der Waals surface area contributed by atoms with Gasteiger partial charge < -0.3 is 4.90 Å². The number of carbonyl (C=O) groups is 1. The molecule has 5 heteroatoms. The summed E-state index contributed by atoms with van der Waals surface area (Å²) in [4.78, 5) is 18.2. The van der Waals surface area contributed by atoms with E-state index in [0.717, 1.165) is 29.2 Å². The fourth-order valence-corrected chi connectivity index (χ4v) is 2.37. The summed E-state index contributed by atoms with van der Waals surface area (Å²) in [6, 6.07) is 2.25. The molecule has 86 valence electrons. The number of nitrogens with zero attached hydrogens (tertiary/aromatic N) is 2. The van der Waals surface area contributed by atoms with Gasteiger partial charge >= 0.3 is 0 Å². The maximum Gasteiger partial charge on any atom is 0.255 e. The highest BCUT2D eigenvalue weighted by molar-refractivity contribution is 9.10. The third-order valence-electron chi connectivity index (χ3n) is 2.53. The van der Waals surface area contributed by atoms with Gasteiger partial charge in [-0.2, -0.15) is 0 Å². The second-order valence-electron chi connectivity index (χ2n) is 3.81. The normalized spacial score (nSPS) is 14.9. The molecular formula is C11H12Br2N2O. The third-order valence-corrected chi connectivity index (χ3v) is 3.31. The zero-order valence-corrected chi connectivity index (χ0v) is 11.9. The summed E-state index contributed by atoms with van der Waals surface area (Å²) in [6.07, 6.45) is 5.56. The summed E-state index contributed by atoms with van der Waals surface area (Å²) in [6.45, 7) is 0.760. The topological polar surface area (TPSA) is 33.2 Å². The molecule has 0 N–H and O–H groups in total. The van der Waals surface area contributed by atoms with Crippen LogP contribution in [0.5, 0.6) is 0 Å². The molecule has 1 amide bonds. The van der Waals surface area contributed by atoms with Crippen molar-refractivity contribution in [3.8, 4) is 0 Å². The average molecular weight is 348 g/mol. The molecule has 1 saturated carbocycles. The minimum Gasteiger partial charge on any atom is -0.335 e. The first-order valence-electron chi connectivity index (χ1n) is 5.20. The van der Waals surface area contributed by atoms with E-state index < -0.39 is 0 Å². The van der Waals surface area contributed by atoms with Crippen molar-refractivity contribution >= 4 is 37.8 Å². The van der Waals surface area contributed by atoms with Crippen molar-refractivity contribution in [1.82, 2.24) is 9.88 Å². The molecule has 3 nitrogen and oxygen atoms in total. The fourth-order valence-electron chi connectivity index (χ4n) is 1.62. The smallest absolute Gasteiger partial charge is 0.255 e. The van der Waals surface area contributed by atoms with E-state index in [-0.39, 0.29) is 5.91 Å². The molecule has 1 heterocycles. The molecule has 1 aliphatic carbocycles. The van der Waals surface area contributed by atoms with Crippen LogP contribution in [0.4, 0.5) is 0 Å². The first-order valence-corrected chi connectivity index (χ1v) is 7.11. The fraction of sp³-hybridized carbons (Fsp3) is 0.455. The van der Waals surface area contributed by atoms with Crippen LogP contribution in [0.3, 0.4) is 0 Å². The van der Waals surface area contributed by atoms with Gasteiger partial charge in [-0.25, -0.2) is 0 Å². The lowest BCUT2D eigenvalue weighted by Gasteiger charge is -2.21. The summed E-state index contributed by atoms with van der Waals surface area (Å²) in [7, 11) is 0. The van der Waals surface area contributed by atoms with Crippen LogP contribution in [0.2, 0.25) is 0 Å². The zero-order chi connectivity index (χ0) is 11.5. The van der Waals surface area contributed by atoms with Gasteiger partial charge in [-0.15, -0.1) is 0 Å². The number of alkyl halides is 1. The van der Waals surface area contributed by atoms with Gasteiger partial charge in [-0.1, -0.05) is 15.9 Å². The van der Waals surface area contributed by atoms with Gasteiger partial charge in [-0.05, 0) is 34.8 Å². The zero-order valence-electron chi connectivity index (χ0n) is 8.70. The predicted octanol–water partition coefficient (Wildman–Crippen LogP) is 2.84. The molecule has 0 aromatic carbocycles. The highest BCUT2D eigenvalue weighted by Gasteiger charge is 2.32. The lowest BCUT2D eigenvalue weighted by atomic mass is 10.2. The van der Waals surface area contributed by atoms with E-state index in [4.69, 9.17) is 0 Å². The minimum absolute atomic E-state index is 0.0794. The van der Waals surface area contributed by atoms with Crippen LogP contribution in [-0.4, -0.2) is 33.7 Å². The van der Waals surface area contributed by atoms with Crippen LogP contribution in [0.1, 0.15) is 23.2 Å². The predicted molar refractivity (Wildman–Crippen MR) is 69.8 cm³/mol. The number of hydrogen-bond acceptors (Lipinski definition) is 2. The largest absolute Gasteiger partial charge is 0.335 e. The molecule has 1 aromatic rings. The number of pyridine rings is 1. The Morgan fingerprint density at radius 2 is 2.25 bits per heavy atom. The summed E-state index contributed by atoms with van der Waals surface area (Å²) in [5.41, 5.74) is 0.655. The average Bonchev–Trinajstić information content (AvgIpc) is 3.09. The van der Waals surface area contributed by atoms with Gasteiger partial charge in [0.05, 0.1) is 5.56 Å². The number of aromatic nitrogens is 1. The molecule has 0 unspecified atom stereocenters.